The summed E-state index contributed by atoms with van der Waals surface area (Å²) in [6.45, 7) is 1.18. The van der Waals surface area contributed by atoms with Crippen LogP contribution < -0.4 is 15.4 Å². The number of methoxy groups -OCH3 is 1. The first-order chi connectivity index (χ1) is 14.2. The molecule has 0 aliphatic carbocycles. The van der Waals surface area contributed by atoms with E-state index >= 15 is 0 Å². The van der Waals surface area contributed by atoms with Crippen molar-refractivity contribution in [2.75, 3.05) is 34.3 Å². The number of guanidine groups is 1. The van der Waals surface area contributed by atoms with Gasteiger partial charge in [0.25, 0.3) is 5.91 Å². The molecule has 0 saturated carbocycles. The van der Waals surface area contributed by atoms with Crippen molar-refractivity contribution in [2.45, 2.75) is 12.7 Å². The number of nitrogens with zero attached hydrogens (tertiary/aromatic N) is 2. The summed E-state index contributed by atoms with van der Waals surface area (Å²) in [6, 6.07) is 11.9. The largest absolute Gasteiger partial charge is 0.497 e. The van der Waals surface area contributed by atoms with Crippen LogP contribution in [0.1, 0.15) is 21.5 Å². The Bertz CT molecular complexity index is 867. The zero-order valence-electron chi connectivity index (χ0n) is 17.1. The zero-order chi connectivity index (χ0) is 22.1. The van der Waals surface area contributed by atoms with Gasteiger partial charge in [-0.1, -0.05) is 18.2 Å². The van der Waals surface area contributed by atoms with Crippen molar-refractivity contribution in [3.8, 4) is 5.75 Å². The van der Waals surface area contributed by atoms with Gasteiger partial charge in [-0.05, 0) is 35.9 Å². The van der Waals surface area contributed by atoms with Crippen molar-refractivity contribution in [1.82, 2.24) is 15.5 Å². The van der Waals surface area contributed by atoms with Gasteiger partial charge >= 0.3 is 6.18 Å². The van der Waals surface area contributed by atoms with Gasteiger partial charge in [0.2, 0.25) is 0 Å². The lowest BCUT2D eigenvalue weighted by molar-refractivity contribution is -0.137. The third-order valence-corrected chi connectivity index (χ3v) is 4.30. The smallest absolute Gasteiger partial charge is 0.416 e. The molecule has 30 heavy (non-hydrogen) atoms. The van der Waals surface area contributed by atoms with E-state index in [4.69, 9.17) is 4.74 Å². The van der Waals surface area contributed by atoms with E-state index in [1.807, 2.05) is 0 Å². The quantitative estimate of drug-likeness (QED) is 0.409. The summed E-state index contributed by atoms with van der Waals surface area (Å²) in [5.41, 5.74) is 0.543. The SMILES string of the molecule is CN=C(NCCNC(=O)c1cccc(OC)c1)N(C)Cc1ccc(C(F)(F)F)cc1. The Hall–Kier alpha value is -3.23. The molecule has 162 valence electrons. The number of halogens is 3. The maximum atomic E-state index is 12.7. The van der Waals surface area contributed by atoms with Crippen molar-refractivity contribution in [2.24, 2.45) is 4.99 Å². The van der Waals surface area contributed by atoms with E-state index in [1.165, 1.54) is 19.2 Å². The fraction of sp³-hybridized carbons (Fsp3) is 0.333. The number of carbonyl (C=O) groups is 1. The van der Waals surface area contributed by atoms with Gasteiger partial charge in [-0.2, -0.15) is 13.2 Å². The summed E-state index contributed by atoms with van der Waals surface area (Å²) in [4.78, 5) is 18.1. The van der Waals surface area contributed by atoms with E-state index in [0.717, 1.165) is 17.7 Å². The van der Waals surface area contributed by atoms with Crippen molar-refractivity contribution in [1.29, 1.82) is 0 Å². The molecule has 9 heteroatoms. The number of benzene rings is 2. The van der Waals surface area contributed by atoms with Gasteiger partial charge in [-0.3, -0.25) is 9.79 Å². The fourth-order valence-electron chi connectivity index (χ4n) is 2.75. The average Bonchev–Trinajstić information content (AvgIpc) is 2.73. The molecule has 6 nitrogen and oxygen atoms in total. The van der Waals surface area contributed by atoms with Crippen LogP contribution in [0.25, 0.3) is 0 Å². The number of aliphatic imine (C=N–C) groups is 1. The molecule has 0 aliphatic rings. The highest BCUT2D eigenvalue weighted by Crippen LogP contribution is 2.29. The number of carbonyl (C=O) groups excluding carboxylic acids is 1. The third kappa shape index (κ3) is 6.68. The Labute approximate surface area is 173 Å². The molecular formula is C21H25F3N4O2. The highest BCUT2D eigenvalue weighted by Gasteiger charge is 2.29. The number of rotatable bonds is 7. The molecule has 2 rings (SSSR count). The second-order valence-electron chi connectivity index (χ2n) is 6.51. The van der Waals surface area contributed by atoms with E-state index in [2.05, 4.69) is 15.6 Å². The first-order valence-corrected chi connectivity index (χ1v) is 9.24. The zero-order valence-corrected chi connectivity index (χ0v) is 17.1. The van der Waals surface area contributed by atoms with E-state index in [9.17, 15) is 18.0 Å². The first kappa shape index (κ1) is 23.1. The number of alkyl halides is 3. The molecule has 2 aromatic carbocycles. The first-order valence-electron chi connectivity index (χ1n) is 9.24. The molecule has 0 spiro atoms. The summed E-state index contributed by atoms with van der Waals surface area (Å²) in [6.07, 6.45) is -4.35. The molecule has 0 aromatic heterocycles. The number of amides is 1. The molecular weight excluding hydrogens is 397 g/mol. The van der Waals surface area contributed by atoms with Crippen LogP contribution in [-0.2, 0) is 12.7 Å². The van der Waals surface area contributed by atoms with Crippen molar-refractivity contribution in [3.63, 3.8) is 0 Å². The maximum absolute atomic E-state index is 12.7. The summed E-state index contributed by atoms with van der Waals surface area (Å²) < 4.78 is 43.1. The number of hydrogen-bond donors (Lipinski definition) is 2. The van der Waals surface area contributed by atoms with Crippen molar-refractivity contribution >= 4 is 11.9 Å². The van der Waals surface area contributed by atoms with Crippen LogP contribution in [0.2, 0.25) is 0 Å². The molecule has 0 aliphatic heterocycles. The van der Waals surface area contributed by atoms with Gasteiger partial charge in [0.1, 0.15) is 5.75 Å². The van der Waals surface area contributed by atoms with Gasteiger partial charge in [-0.25, -0.2) is 0 Å². The number of hydrogen-bond acceptors (Lipinski definition) is 3. The fourth-order valence-corrected chi connectivity index (χ4v) is 2.75. The van der Waals surface area contributed by atoms with Crippen LogP contribution >= 0.6 is 0 Å². The normalized spacial score (nSPS) is 11.7. The maximum Gasteiger partial charge on any atom is 0.416 e. The number of ether oxygens (including phenoxy) is 1. The monoisotopic (exact) mass is 422 g/mol. The lowest BCUT2D eigenvalue weighted by Gasteiger charge is -2.22. The van der Waals surface area contributed by atoms with E-state index in [-0.39, 0.29) is 5.91 Å². The average molecular weight is 422 g/mol. The van der Waals surface area contributed by atoms with Crippen molar-refractivity contribution < 1.29 is 22.7 Å². The van der Waals surface area contributed by atoms with Crippen molar-refractivity contribution in [3.05, 3.63) is 65.2 Å². The topological polar surface area (TPSA) is 66.0 Å². The second-order valence-corrected chi connectivity index (χ2v) is 6.51. The molecule has 0 unspecified atom stereocenters. The second kappa shape index (κ2) is 10.5. The highest BCUT2D eigenvalue weighted by atomic mass is 19.4. The lowest BCUT2D eigenvalue weighted by atomic mass is 10.1. The van der Waals surface area contributed by atoms with Crippen LogP contribution in [0.4, 0.5) is 13.2 Å². The van der Waals surface area contributed by atoms with E-state index in [0.29, 0.717) is 36.9 Å². The Kier molecular flexibility index (Phi) is 8.08. The van der Waals surface area contributed by atoms with Gasteiger partial charge < -0.3 is 20.3 Å². The summed E-state index contributed by atoms with van der Waals surface area (Å²) >= 11 is 0. The van der Waals surface area contributed by atoms with Crippen LogP contribution in [0, 0.1) is 0 Å². The van der Waals surface area contributed by atoms with Crippen LogP contribution in [0.5, 0.6) is 5.75 Å². The van der Waals surface area contributed by atoms with Gasteiger partial charge in [0.05, 0.1) is 12.7 Å². The summed E-state index contributed by atoms with van der Waals surface area (Å²) in [5.74, 6) is 0.945. The number of nitrogens with one attached hydrogen (secondary N) is 2. The third-order valence-electron chi connectivity index (χ3n) is 4.30. The Morgan fingerprint density at radius 2 is 1.77 bits per heavy atom. The molecule has 0 bridgehead atoms. The van der Waals surface area contributed by atoms with Gasteiger partial charge in [0, 0.05) is 39.3 Å². The summed E-state index contributed by atoms with van der Waals surface area (Å²) in [7, 11) is 4.93. The molecule has 1 amide bonds. The minimum absolute atomic E-state index is 0.219. The molecule has 0 saturated heterocycles. The molecule has 0 atom stereocenters. The molecule has 2 N–H and O–H groups in total. The minimum Gasteiger partial charge on any atom is -0.497 e. The molecule has 0 radical (unpaired) electrons. The van der Waals surface area contributed by atoms with E-state index < -0.39 is 11.7 Å². The predicted molar refractivity (Wildman–Crippen MR) is 110 cm³/mol. The summed E-state index contributed by atoms with van der Waals surface area (Å²) in [5, 5.41) is 5.91. The van der Waals surface area contributed by atoms with E-state index in [1.54, 1.807) is 43.3 Å². The minimum atomic E-state index is -4.35. The molecule has 2 aromatic rings. The van der Waals surface area contributed by atoms with Crippen LogP contribution in [0.15, 0.2) is 53.5 Å². The lowest BCUT2D eigenvalue weighted by Crippen LogP contribution is -2.42. The highest BCUT2D eigenvalue weighted by molar-refractivity contribution is 5.94. The predicted octanol–water partition coefficient (Wildman–Crippen LogP) is 3.15. The van der Waals surface area contributed by atoms with Crippen LogP contribution in [-0.4, -0.2) is 51.1 Å². The molecule has 0 heterocycles. The molecule has 0 fully saturated rings. The Morgan fingerprint density at radius 3 is 2.37 bits per heavy atom. The Balaban J connectivity index is 1.81. The van der Waals surface area contributed by atoms with Gasteiger partial charge in [-0.15, -0.1) is 0 Å². The van der Waals surface area contributed by atoms with Crippen LogP contribution in [0.3, 0.4) is 0 Å². The van der Waals surface area contributed by atoms with Gasteiger partial charge in [0.15, 0.2) is 5.96 Å². The Morgan fingerprint density at radius 1 is 1.10 bits per heavy atom. The standard InChI is InChI=1S/C21H25F3N4O2/c1-25-20(28(2)14-15-7-9-17(10-8-15)21(22,23)24)27-12-11-26-19(29)16-5-4-6-18(13-16)30-3/h4-10,13H,11-12,14H2,1-3H3,(H,25,27)(H,26,29).